The maximum atomic E-state index is 15.6. The summed E-state index contributed by atoms with van der Waals surface area (Å²) in [7, 11) is 12.3. The Labute approximate surface area is 607 Å². The van der Waals surface area contributed by atoms with E-state index < -0.39 is 172 Å². The first-order chi connectivity index (χ1) is 48.2. The van der Waals surface area contributed by atoms with Crippen molar-refractivity contribution in [2.45, 2.75) is 192 Å². The van der Waals surface area contributed by atoms with Crippen molar-refractivity contribution in [1.29, 1.82) is 5.26 Å². The van der Waals surface area contributed by atoms with Crippen molar-refractivity contribution in [3.8, 4) is 6.07 Å². The van der Waals surface area contributed by atoms with Gasteiger partial charge in [0.2, 0.25) is 70.9 Å². The van der Waals surface area contributed by atoms with E-state index >= 15 is 24.0 Å². The number of hydrogen-bond acceptors (Lipinski definition) is 13. The number of benzene rings is 3. The van der Waals surface area contributed by atoms with Crippen LogP contribution >= 0.6 is 11.6 Å². The van der Waals surface area contributed by atoms with Crippen molar-refractivity contribution in [2.75, 3.05) is 76.5 Å². The average molecular weight is 1460 g/mol. The summed E-state index contributed by atoms with van der Waals surface area (Å²) in [5, 5.41) is 17.8. The summed E-state index contributed by atoms with van der Waals surface area (Å²) in [5.41, 5.74) is -0.521. The Morgan fingerprint density at radius 1 is 0.680 bits per heavy atom. The van der Waals surface area contributed by atoms with Crippen molar-refractivity contribution in [3.05, 3.63) is 105 Å². The number of halogens is 4. The molecule has 103 heavy (non-hydrogen) atoms. The maximum Gasteiger partial charge on any atom is 0.417 e. The third-order valence-electron chi connectivity index (χ3n) is 21.0. The molecule has 1 spiro atoms. The van der Waals surface area contributed by atoms with Gasteiger partial charge in [-0.15, -0.1) is 0 Å². The zero-order chi connectivity index (χ0) is 77.0. The van der Waals surface area contributed by atoms with E-state index in [9.17, 15) is 52.0 Å². The quantitative estimate of drug-likeness (QED) is 0.215. The molecule has 3 fully saturated rings. The molecule has 29 heteroatoms. The van der Waals surface area contributed by atoms with E-state index in [1.807, 2.05) is 19.1 Å². The number of carbonyl (C=O) groups excluding carboxylic acids is 12. The second-order valence-electron chi connectivity index (χ2n) is 28.2. The Kier molecular flexibility index (Phi) is 28.4. The Balaban J connectivity index is 1.49. The Bertz CT molecular complexity index is 3700. The Hall–Kier alpha value is -9.13. The van der Waals surface area contributed by atoms with Gasteiger partial charge in [-0.1, -0.05) is 113 Å². The number of alkyl halides is 3. The molecule has 3 aromatic carbocycles. The lowest BCUT2D eigenvalue weighted by atomic mass is 9.90. The number of nitrogens with zero attached hydrogens (tertiary/aromatic N) is 10. The molecule has 0 unspecified atom stereocenters. The van der Waals surface area contributed by atoms with Gasteiger partial charge in [0.1, 0.15) is 59.9 Å². The molecule has 25 nitrogen and oxygen atoms in total. The molecule has 2 aliphatic heterocycles. The number of fused-ring (bicyclic) bond motifs is 1. The zero-order valence-corrected chi connectivity index (χ0v) is 62.7. The van der Waals surface area contributed by atoms with Crippen molar-refractivity contribution < 1.29 is 70.7 Å². The van der Waals surface area contributed by atoms with Gasteiger partial charge in [-0.2, -0.15) is 18.4 Å². The highest BCUT2D eigenvalue weighted by atomic mass is 35.5. The lowest BCUT2D eigenvalue weighted by Gasteiger charge is -2.45. The number of hydrogen-bond donors (Lipinski definition) is 3. The third-order valence-corrected chi connectivity index (χ3v) is 21.3. The summed E-state index contributed by atoms with van der Waals surface area (Å²) in [4.78, 5) is 189. The fourth-order valence-electron chi connectivity index (χ4n) is 13.4. The first kappa shape index (κ1) is 82.8. The topological polar surface area (TPSA) is 294 Å². The van der Waals surface area contributed by atoms with Crippen LogP contribution in [0.4, 0.5) is 13.2 Å². The van der Waals surface area contributed by atoms with Crippen LogP contribution in [-0.2, 0) is 83.0 Å². The first-order valence-electron chi connectivity index (χ1n) is 34.9. The van der Waals surface area contributed by atoms with Gasteiger partial charge in [0, 0.05) is 82.8 Å². The van der Waals surface area contributed by atoms with Crippen LogP contribution in [0, 0.1) is 30.1 Å². The van der Waals surface area contributed by atoms with E-state index in [-0.39, 0.29) is 62.6 Å². The van der Waals surface area contributed by atoms with E-state index in [1.54, 1.807) is 52.0 Å². The smallest absolute Gasteiger partial charge is 0.347 e. The molecule has 3 aliphatic rings. The molecule has 0 aromatic heterocycles. The Morgan fingerprint density at radius 2 is 1.28 bits per heavy atom. The number of nitriles is 1. The standard InChI is InChI=1S/C74H101ClF3N13O12/c1-17-44(4)61-70(101)86(12)47(7)65(96)91-35-32-55(91)69(100)88(14)57(38-49-26-24-43(3)25-27-49)68(99)84(10)42-59(92)80-54(31-29-48-28-30-52(53(75)37-48)74(76,77)78)66(97)87(13)56(39-50-22-21-23-51(36-50)41-79)64(95)82-73(33-19-20-34-73)72(103)90(16)62(45(5)18-2)71(102)89(15)58(67(98)83(8)9)40-60(93)85(11)46(6)63(94)81-61/h21-28,30,36-37,44-47,54-58,61-62H,17-20,29,31-35,38-40,42H2,1-16H3,(H,80,92)(H,81,94)(H,82,95)/t44-,45-,46-,47+,54-,55-,56-,57-,58-,61-,62-/m0/s1. The summed E-state index contributed by atoms with van der Waals surface area (Å²) in [6, 6.07) is 6.31. The summed E-state index contributed by atoms with van der Waals surface area (Å²) < 4.78 is 41.9. The largest absolute Gasteiger partial charge is 0.417 e. The molecule has 1 saturated carbocycles. The van der Waals surface area contributed by atoms with Crippen LogP contribution in [0.3, 0.4) is 0 Å². The minimum atomic E-state index is -4.81. The van der Waals surface area contributed by atoms with E-state index in [0.29, 0.717) is 36.8 Å². The van der Waals surface area contributed by atoms with E-state index in [4.69, 9.17) is 11.6 Å². The van der Waals surface area contributed by atoms with Crippen molar-refractivity contribution in [2.24, 2.45) is 11.8 Å². The molecule has 3 N–H and O–H groups in total. The predicted octanol–water partition coefficient (Wildman–Crippen LogP) is 5.00. The summed E-state index contributed by atoms with van der Waals surface area (Å²) in [6.45, 7) is 11.1. The zero-order valence-electron chi connectivity index (χ0n) is 62.0. The van der Waals surface area contributed by atoms with Gasteiger partial charge in [0.25, 0.3) is 0 Å². The minimum absolute atomic E-state index is 0.0546. The summed E-state index contributed by atoms with van der Waals surface area (Å²) >= 11 is 6.18. The van der Waals surface area contributed by atoms with Gasteiger partial charge in [0.15, 0.2) is 0 Å². The number of rotatable bonds is 12. The molecule has 0 bridgehead atoms. The van der Waals surface area contributed by atoms with Crippen LogP contribution < -0.4 is 16.0 Å². The van der Waals surface area contributed by atoms with Gasteiger partial charge in [-0.3, -0.25) is 57.5 Å². The monoisotopic (exact) mass is 1460 g/mol. The normalized spacial score (nSPS) is 24.8. The highest BCUT2D eigenvalue weighted by molar-refractivity contribution is 6.31. The highest BCUT2D eigenvalue weighted by Crippen LogP contribution is 2.37. The molecule has 1 aliphatic carbocycles. The predicted molar refractivity (Wildman–Crippen MR) is 378 cm³/mol. The molecular weight excluding hydrogens is 1360 g/mol. The highest BCUT2D eigenvalue weighted by Gasteiger charge is 2.51. The van der Waals surface area contributed by atoms with Gasteiger partial charge in [0.05, 0.1) is 35.2 Å². The number of nitrogens with one attached hydrogen (secondary N) is 3. The van der Waals surface area contributed by atoms with Crippen LogP contribution in [0.5, 0.6) is 0 Å². The van der Waals surface area contributed by atoms with E-state index in [0.717, 1.165) is 37.3 Å². The SMILES string of the molecule is CC[C@H](C)[C@@H]1NC(=O)[C@H](C)N(C)C(=O)C[C@@H](C(=O)N(C)C)N(C)C(=O)[C@H]([C@@H](C)CC)N(C)C(=O)C2(CCCC2)NC(=O)[C@H](Cc2cccc(C#N)c2)N(C)C(=O)[C@H](CCc2ccc(C(F)(F)F)c(Cl)c2)NC(=O)CN(C)C(=O)[C@H](Cc2ccc(C)cc2)N(C)C(=O)[C@@H]2CCN2C(=O)[C@@H](C)N(C)C1=O. The molecule has 6 rings (SSSR count). The number of amides is 12. The molecular formula is C74H101ClF3N13O12. The second kappa shape index (κ2) is 35.4. The lowest BCUT2D eigenvalue weighted by Crippen LogP contribution is -2.65. The van der Waals surface area contributed by atoms with Crippen LogP contribution in [-0.4, -0.2) is 251 Å². The summed E-state index contributed by atoms with van der Waals surface area (Å²) in [6.07, 6.45) is -4.54. The fourth-order valence-corrected chi connectivity index (χ4v) is 13.7. The van der Waals surface area contributed by atoms with Gasteiger partial charge < -0.3 is 60.0 Å². The number of likely N-dealkylation sites (N-methyl/N-ethyl adjacent to an activating group) is 8. The maximum absolute atomic E-state index is 15.6. The van der Waals surface area contributed by atoms with Gasteiger partial charge in [-0.25, -0.2) is 0 Å². The van der Waals surface area contributed by atoms with Crippen molar-refractivity contribution in [1.82, 2.24) is 60.0 Å². The van der Waals surface area contributed by atoms with E-state index in [1.165, 1.54) is 120 Å². The Morgan fingerprint density at radius 3 is 1.84 bits per heavy atom. The third kappa shape index (κ3) is 19.6. The number of aryl methyl sites for hydroxylation is 2. The second-order valence-corrected chi connectivity index (χ2v) is 28.6. The van der Waals surface area contributed by atoms with Crippen molar-refractivity contribution >= 4 is 82.5 Å². The summed E-state index contributed by atoms with van der Waals surface area (Å²) in [5.74, 6) is -10.2. The van der Waals surface area contributed by atoms with Gasteiger partial charge in [-0.05, 0) is 106 Å². The van der Waals surface area contributed by atoms with Crippen molar-refractivity contribution in [3.63, 3.8) is 0 Å². The van der Waals surface area contributed by atoms with Gasteiger partial charge >= 0.3 is 6.18 Å². The van der Waals surface area contributed by atoms with Crippen LogP contribution in [0.25, 0.3) is 0 Å². The first-order valence-corrected chi connectivity index (χ1v) is 35.3. The van der Waals surface area contributed by atoms with E-state index in [2.05, 4.69) is 22.0 Å². The molecule has 2 saturated heterocycles. The fraction of sp³-hybridized carbons (Fsp3) is 0.581. The lowest BCUT2D eigenvalue weighted by molar-refractivity contribution is -0.160. The molecule has 0 radical (unpaired) electrons. The molecule has 2 heterocycles. The average Bonchev–Trinajstić information content (AvgIpc) is 1.32. The van der Waals surface area contributed by atoms with Crippen LogP contribution in [0.1, 0.15) is 133 Å². The molecule has 12 amide bonds. The van der Waals surface area contributed by atoms with Crippen LogP contribution in [0.2, 0.25) is 5.02 Å². The number of carbonyl (C=O) groups is 12. The minimum Gasteiger partial charge on any atom is -0.347 e. The molecule has 11 atom stereocenters. The van der Waals surface area contributed by atoms with Crippen LogP contribution in [0.15, 0.2) is 66.7 Å². The molecule has 562 valence electrons. The molecule has 3 aromatic rings.